The van der Waals surface area contributed by atoms with E-state index in [9.17, 15) is 4.79 Å². The molecule has 5 nitrogen and oxygen atoms in total. The van der Waals surface area contributed by atoms with Crippen LogP contribution >= 0.6 is 24.0 Å². The highest BCUT2D eigenvalue weighted by molar-refractivity contribution is 14.0. The Labute approximate surface area is 162 Å². The monoisotopic (exact) mass is 444 g/mol. The van der Waals surface area contributed by atoms with Crippen LogP contribution in [0.2, 0.25) is 0 Å². The minimum atomic E-state index is -0.0287. The molecule has 0 bridgehead atoms. The first-order valence-corrected chi connectivity index (χ1v) is 7.82. The summed E-state index contributed by atoms with van der Waals surface area (Å²) in [5.74, 6) is 0.600. The molecule has 1 rings (SSSR count). The fourth-order valence-electron chi connectivity index (χ4n) is 2.17. The molecule has 0 atom stereocenters. The molecule has 0 heterocycles. The molecule has 1 aromatic carbocycles. The van der Waals surface area contributed by atoms with Gasteiger partial charge in [0.25, 0.3) is 0 Å². The molecule has 1 aromatic rings. The zero-order chi connectivity index (χ0) is 17.2. The van der Waals surface area contributed by atoms with Crippen LogP contribution in [0.5, 0.6) is 0 Å². The van der Waals surface area contributed by atoms with Gasteiger partial charge < -0.3 is 15.5 Å². The van der Waals surface area contributed by atoms with Gasteiger partial charge in [0.1, 0.15) is 6.54 Å². The van der Waals surface area contributed by atoms with Gasteiger partial charge in [-0.15, -0.1) is 30.6 Å². The van der Waals surface area contributed by atoms with E-state index in [1.165, 1.54) is 21.6 Å². The molecule has 0 aliphatic rings. The number of nitrogens with zero attached hydrogens (tertiary/aromatic N) is 2. The van der Waals surface area contributed by atoms with Gasteiger partial charge in [0.15, 0.2) is 5.96 Å². The minimum absolute atomic E-state index is 0. The average Bonchev–Trinajstić information content (AvgIpc) is 2.48. The van der Waals surface area contributed by atoms with Crippen molar-refractivity contribution < 1.29 is 4.79 Å². The third-order valence-corrected chi connectivity index (χ3v) is 3.27. The molecule has 24 heavy (non-hydrogen) atoms. The quantitative estimate of drug-likeness (QED) is 0.294. The van der Waals surface area contributed by atoms with Gasteiger partial charge in [-0.05, 0) is 25.8 Å². The predicted octanol–water partition coefficient (Wildman–Crippen LogP) is 2.27. The van der Waals surface area contributed by atoms with Crippen LogP contribution in [0.3, 0.4) is 0 Å². The maximum absolute atomic E-state index is 11.6. The summed E-state index contributed by atoms with van der Waals surface area (Å²) in [7, 11) is 3.45. The largest absolute Gasteiger partial charge is 0.356 e. The molecule has 0 fully saturated rings. The number of hydrogen-bond acceptors (Lipinski definition) is 2. The number of amides is 1. The lowest BCUT2D eigenvalue weighted by atomic mass is 10.1. The number of nitrogens with one attached hydrogen (secondary N) is 2. The van der Waals surface area contributed by atoms with Crippen LogP contribution in [-0.4, -0.2) is 50.5 Å². The number of guanidine groups is 1. The van der Waals surface area contributed by atoms with Gasteiger partial charge in [0.2, 0.25) is 5.91 Å². The molecule has 0 unspecified atom stereocenters. The van der Waals surface area contributed by atoms with Gasteiger partial charge in [-0.1, -0.05) is 35.4 Å². The summed E-state index contributed by atoms with van der Waals surface area (Å²) in [4.78, 5) is 17.5. The van der Waals surface area contributed by atoms with Crippen molar-refractivity contribution in [1.29, 1.82) is 0 Å². The second-order valence-corrected chi connectivity index (χ2v) is 5.80. The van der Waals surface area contributed by atoms with Gasteiger partial charge >= 0.3 is 0 Å². The molecule has 134 valence electrons. The second kappa shape index (κ2) is 11.9. The van der Waals surface area contributed by atoms with Crippen molar-refractivity contribution in [2.45, 2.75) is 20.3 Å². The highest BCUT2D eigenvalue weighted by atomic mass is 127. The first kappa shape index (κ1) is 22.4. The van der Waals surface area contributed by atoms with Crippen molar-refractivity contribution in [1.82, 2.24) is 15.5 Å². The molecule has 0 saturated carbocycles. The molecule has 2 N–H and O–H groups in total. The van der Waals surface area contributed by atoms with E-state index >= 15 is 0 Å². The maximum Gasteiger partial charge on any atom is 0.243 e. The van der Waals surface area contributed by atoms with E-state index in [-0.39, 0.29) is 36.4 Å². The summed E-state index contributed by atoms with van der Waals surface area (Å²) in [6, 6.07) is 6.55. The Bertz CT molecular complexity index is 550. The van der Waals surface area contributed by atoms with Gasteiger partial charge in [-0.3, -0.25) is 4.79 Å². The Morgan fingerprint density at radius 2 is 1.83 bits per heavy atom. The van der Waals surface area contributed by atoms with Crippen LogP contribution in [0.1, 0.15) is 16.7 Å². The molecular weight excluding hydrogens is 415 g/mol. The van der Waals surface area contributed by atoms with E-state index in [0.717, 1.165) is 13.0 Å². The Hall–Kier alpha value is -1.57. The Morgan fingerprint density at radius 1 is 1.21 bits per heavy atom. The summed E-state index contributed by atoms with van der Waals surface area (Å²) in [6.45, 7) is 9.38. The lowest BCUT2D eigenvalue weighted by Gasteiger charge is -2.13. The summed E-state index contributed by atoms with van der Waals surface area (Å²) >= 11 is 0. The first-order valence-electron chi connectivity index (χ1n) is 7.82. The van der Waals surface area contributed by atoms with Crippen LogP contribution in [0.4, 0.5) is 0 Å². The zero-order valence-electron chi connectivity index (χ0n) is 15.1. The van der Waals surface area contributed by atoms with E-state index in [2.05, 4.69) is 54.3 Å². The van der Waals surface area contributed by atoms with Crippen LogP contribution in [-0.2, 0) is 11.2 Å². The van der Waals surface area contributed by atoms with Crippen molar-refractivity contribution in [3.05, 3.63) is 47.5 Å². The highest BCUT2D eigenvalue weighted by Gasteiger charge is 2.04. The number of carbonyl (C=O) groups excluding carboxylic acids is 1. The molecule has 0 aliphatic carbocycles. The van der Waals surface area contributed by atoms with Crippen LogP contribution in [0.25, 0.3) is 0 Å². The number of aryl methyl sites for hydroxylation is 2. The van der Waals surface area contributed by atoms with Gasteiger partial charge in [-0.2, -0.15) is 0 Å². The number of halogens is 1. The van der Waals surface area contributed by atoms with E-state index in [1.54, 1.807) is 20.2 Å². The average molecular weight is 444 g/mol. The third-order valence-electron chi connectivity index (χ3n) is 3.27. The Kier molecular flexibility index (Phi) is 11.1. The van der Waals surface area contributed by atoms with Crippen molar-refractivity contribution in [3.63, 3.8) is 0 Å². The van der Waals surface area contributed by atoms with Crippen molar-refractivity contribution in [2.75, 3.05) is 33.7 Å². The van der Waals surface area contributed by atoms with Gasteiger partial charge in [-0.25, -0.2) is 4.99 Å². The molecule has 6 heteroatoms. The fourth-order valence-corrected chi connectivity index (χ4v) is 2.17. The zero-order valence-corrected chi connectivity index (χ0v) is 17.4. The molecule has 1 amide bonds. The fraction of sp³-hybridized carbons (Fsp3) is 0.444. The van der Waals surface area contributed by atoms with E-state index in [1.807, 2.05) is 0 Å². The molecule has 0 spiro atoms. The van der Waals surface area contributed by atoms with E-state index in [0.29, 0.717) is 12.5 Å². The van der Waals surface area contributed by atoms with Crippen LogP contribution in [0, 0.1) is 13.8 Å². The van der Waals surface area contributed by atoms with Crippen molar-refractivity contribution >= 4 is 35.8 Å². The number of hydrogen-bond donors (Lipinski definition) is 2. The highest BCUT2D eigenvalue weighted by Crippen LogP contribution is 2.08. The van der Waals surface area contributed by atoms with Crippen molar-refractivity contribution in [3.8, 4) is 0 Å². The van der Waals surface area contributed by atoms with E-state index < -0.39 is 0 Å². The number of rotatable bonds is 7. The second-order valence-electron chi connectivity index (χ2n) is 5.80. The summed E-state index contributed by atoms with van der Waals surface area (Å²) < 4.78 is 0. The third kappa shape index (κ3) is 8.90. The summed E-state index contributed by atoms with van der Waals surface area (Å²) in [5.41, 5.74) is 3.84. The number of benzene rings is 1. The number of likely N-dealkylation sites (N-methyl/N-ethyl adjacent to an activating group) is 1. The van der Waals surface area contributed by atoms with Crippen LogP contribution in [0.15, 0.2) is 35.8 Å². The number of carbonyl (C=O) groups is 1. The lowest BCUT2D eigenvalue weighted by Crippen LogP contribution is -2.39. The molecule has 0 aromatic heterocycles. The lowest BCUT2D eigenvalue weighted by molar-refractivity contribution is -0.127. The SMILES string of the molecule is C=CCNC(=NCC(=O)N(C)C)NCCc1cc(C)cc(C)c1.I. The smallest absolute Gasteiger partial charge is 0.243 e. The van der Waals surface area contributed by atoms with Crippen molar-refractivity contribution in [2.24, 2.45) is 4.99 Å². The first-order chi connectivity index (χ1) is 10.9. The molecule has 0 saturated heterocycles. The topological polar surface area (TPSA) is 56.7 Å². The summed E-state index contributed by atoms with van der Waals surface area (Å²) in [5, 5.41) is 6.38. The number of aliphatic imine (C=N–C) groups is 1. The van der Waals surface area contributed by atoms with Crippen LogP contribution < -0.4 is 10.6 Å². The molecular formula is C18H29IN4O. The maximum atomic E-state index is 11.6. The Morgan fingerprint density at radius 3 is 2.38 bits per heavy atom. The van der Waals surface area contributed by atoms with Gasteiger partial charge in [0.05, 0.1) is 0 Å². The molecule has 0 radical (unpaired) electrons. The Balaban J connectivity index is 0.00000529. The predicted molar refractivity (Wildman–Crippen MR) is 112 cm³/mol. The van der Waals surface area contributed by atoms with E-state index in [4.69, 9.17) is 0 Å². The standard InChI is InChI=1S/C18H28N4O.HI/c1-6-8-19-18(21-13-17(23)22(4)5)20-9-7-16-11-14(2)10-15(3)12-16;/h6,10-12H,1,7-9,13H2,2-5H3,(H2,19,20,21);1H. The van der Waals surface area contributed by atoms with Gasteiger partial charge in [0, 0.05) is 27.2 Å². The minimum Gasteiger partial charge on any atom is -0.356 e. The summed E-state index contributed by atoms with van der Waals surface area (Å²) in [6.07, 6.45) is 2.66. The normalized spacial score (nSPS) is 10.6. The molecule has 0 aliphatic heterocycles.